The topological polar surface area (TPSA) is 69.7 Å². The van der Waals surface area contributed by atoms with Crippen LogP contribution in [0.4, 0.5) is 0 Å². The Hall–Kier alpha value is -1.40. The van der Waals surface area contributed by atoms with E-state index in [1.165, 1.54) is 6.92 Å². The molecule has 0 N–H and O–H groups in total. The SMILES string of the molecule is CC(OS(C)(=O)=O)C(=O)Oc1ccccc1. The molecule has 5 nitrogen and oxygen atoms in total. The molecule has 0 aliphatic carbocycles. The Morgan fingerprint density at radius 2 is 1.81 bits per heavy atom. The Morgan fingerprint density at radius 1 is 1.25 bits per heavy atom. The summed E-state index contributed by atoms with van der Waals surface area (Å²) in [5.41, 5.74) is 0. The third-order valence-electron chi connectivity index (χ3n) is 1.61. The minimum atomic E-state index is -3.66. The molecule has 0 saturated carbocycles. The number of ether oxygens (including phenoxy) is 1. The van der Waals surface area contributed by atoms with Crippen molar-refractivity contribution < 1.29 is 22.1 Å². The quantitative estimate of drug-likeness (QED) is 0.448. The molecule has 0 amide bonds. The molecule has 0 radical (unpaired) electrons. The number of para-hydroxylation sites is 1. The van der Waals surface area contributed by atoms with Crippen molar-refractivity contribution in [2.45, 2.75) is 13.0 Å². The summed E-state index contributed by atoms with van der Waals surface area (Å²) in [6, 6.07) is 8.35. The number of hydrogen-bond donors (Lipinski definition) is 0. The minimum absolute atomic E-state index is 0.344. The van der Waals surface area contributed by atoms with Crippen molar-refractivity contribution in [2.24, 2.45) is 0 Å². The normalized spacial score (nSPS) is 13.1. The van der Waals surface area contributed by atoms with Gasteiger partial charge in [0.25, 0.3) is 10.1 Å². The summed E-state index contributed by atoms with van der Waals surface area (Å²) in [7, 11) is -3.66. The van der Waals surface area contributed by atoms with Crippen molar-refractivity contribution in [3.8, 4) is 5.75 Å². The van der Waals surface area contributed by atoms with Crippen LogP contribution < -0.4 is 4.74 Å². The van der Waals surface area contributed by atoms with Gasteiger partial charge < -0.3 is 4.74 Å². The summed E-state index contributed by atoms with van der Waals surface area (Å²) in [5.74, 6) is -0.409. The second kappa shape index (κ2) is 5.09. The highest BCUT2D eigenvalue weighted by Crippen LogP contribution is 2.10. The molecule has 1 aromatic carbocycles. The maximum atomic E-state index is 11.4. The lowest BCUT2D eigenvalue weighted by Crippen LogP contribution is -2.27. The fraction of sp³-hybridized carbons (Fsp3) is 0.300. The molecule has 1 aromatic rings. The van der Waals surface area contributed by atoms with Gasteiger partial charge in [0.05, 0.1) is 6.26 Å². The van der Waals surface area contributed by atoms with Crippen LogP contribution in [0.2, 0.25) is 0 Å². The predicted molar refractivity (Wildman–Crippen MR) is 57.5 cm³/mol. The van der Waals surface area contributed by atoms with E-state index in [-0.39, 0.29) is 0 Å². The van der Waals surface area contributed by atoms with Crippen LogP contribution in [0.25, 0.3) is 0 Å². The predicted octanol–water partition coefficient (Wildman–Crippen LogP) is 0.957. The lowest BCUT2D eigenvalue weighted by molar-refractivity contribution is -0.141. The Balaban J connectivity index is 2.60. The van der Waals surface area contributed by atoms with Gasteiger partial charge in [-0.2, -0.15) is 8.42 Å². The van der Waals surface area contributed by atoms with Gasteiger partial charge >= 0.3 is 5.97 Å². The second-order valence-corrected chi connectivity index (χ2v) is 4.78. The van der Waals surface area contributed by atoms with Crippen LogP contribution in [0.1, 0.15) is 6.92 Å². The second-order valence-electron chi connectivity index (χ2n) is 3.18. The first-order valence-corrected chi connectivity index (χ1v) is 6.35. The minimum Gasteiger partial charge on any atom is -0.425 e. The highest BCUT2D eigenvalue weighted by atomic mass is 32.2. The lowest BCUT2D eigenvalue weighted by Gasteiger charge is -2.10. The van der Waals surface area contributed by atoms with Crippen molar-refractivity contribution in [1.29, 1.82) is 0 Å². The first-order valence-electron chi connectivity index (χ1n) is 4.53. The zero-order valence-corrected chi connectivity index (χ0v) is 9.73. The van der Waals surface area contributed by atoms with Crippen LogP contribution in [-0.2, 0) is 19.1 Å². The fourth-order valence-corrected chi connectivity index (χ4v) is 1.59. The third-order valence-corrected chi connectivity index (χ3v) is 2.25. The summed E-state index contributed by atoms with van der Waals surface area (Å²) in [4.78, 5) is 11.4. The summed E-state index contributed by atoms with van der Waals surface area (Å²) in [6.45, 7) is 1.31. The Kier molecular flexibility index (Phi) is 4.03. The first kappa shape index (κ1) is 12.7. The van der Waals surface area contributed by atoms with E-state index in [1.54, 1.807) is 30.3 Å². The number of rotatable bonds is 4. The molecule has 1 unspecified atom stereocenters. The van der Waals surface area contributed by atoms with Gasteiger partial charge in [-0.25, -0.2) is 4.79 Å². The molecular weight excluding hydrogens is 232 g/mol. The van der Waals surface area contributed by atoms with E-state index in [9.17, 15) is 13.2 Å². The van der Waals surface area contributed by atoms with Crippen LogP contribution in [0.5, 0.6) is 5.75 Å². The molecule has 16 heavy (non-hydrogen) atoms. The highest BCUT2D eigenvalue weighted by Gasteiger charge is 2.20. The van der Waals surface area contributed by atoms with E-state index in [0.717, 1.165) is 6.26 Å². The zero-order chi connectivity index (χ0) is 12.2. The molecule has 0 saturated heterocycles. The van der Waals surface area contributed by atoms with Crippen molar-refractivity contribution in [2.75, 3.05) is 6.26 Å². The van der Waals surface area contributed by atoms with E-state index < -0.39 is 22.2 Å². The highest BCUT2D eigenvalue weighted by molar-refractivity contribution is 7.86. The fourth-order valence-electron chi connectivity index (χ4n) is 0.989. The average Bonchev–Trinajstić information content (AvgIpc) is 2.16. The van der Waals surface area contributed by atoms with E-state index in [1.807, 2.05) is 0 Å². The van der Waals surface area contributed by atoms with Crippen molar-refractivity contribution in [3.05, 3.63) is 30.3 Å². The van der Waals surface area contributed by atoms with Gasteiger partial charge in [-0.1, -0.05) is 18.2 Å². The van der Waals surface area contributed by atoms with Gasteiger partial charge in [-0.05, 0) is 19.1 Å². The standard InChI is InChI=1S/C10H12O5S/c1-8(15-16(2,12)13)10(11)14-9-6-4-3-5-7-9/h3-8H,1-2H3. The Labute approximate surface area is 94.1 Å². The molecule has 0 aromatic heterocycles. The van der Waals surface area contributed by atoms with Gasteiger partial charge in [0.1, 0.15) is 5.75 Å². The van der Waals surface area contributed by atoms with Gasteiger partial charge in [-0.3, -0.25) is 4.18 Å². The number of carbonyl (C=O) groups is 1. The van der Waals surface area contributed by atoms with Crippen molar-refractivity contribution >= 4 is 16.1 Å². The summed E-state index contributed by atoms with van der Waals surface area (Å²) in [5, 5.41) is 0. The molecule has 88 valence electrons. The zero-order valence-electron chi connectivity index (χ0n) is 8.91. The number of benzene rings is 1. The van der Waals surface area contributed by atoms with Gasteiger partial charge in [0.15, 0.2) is 6.10 Å². The number of carbonyl (C=O) groups excluding carboxylic acids is 1. The molecule has 0 spiro atoms. The molecule has 0 bridgehead atoms. The molecule has 1 rings (SSSR count). The van der Waals surface area contributed by atoms with E-state index >= 15 is 0 Å². The average molecular weight is 244 g/mol. The summed E-state index contributed by atoms with van der Waals surface area (Å²) >= 11 is 0. The van der Waals surface area contributed by atoms with Crippen LogP contribution in [0.3, 0.4) is 0 Å². The third kappa shape index (κ3) is 4.41. The number of esters is 1. The molecule has 0 aliphatic rings. The summed E-state index contributed by atoms with van der Waals surface area (Å²) in [6.07, 6.45) is -0.283. The van der Waals surface area contributed by atoms with Crippen molar-refractivity contribution in [3.63, 3.8) is 0 Å². The van der Waals surface area contributed by atoms with Crippen LogP contribution >= 0.6 is 0 Å². The van der Waals surface area contributed by atoms with Crippen LogP contribution in [0.15, 0.2) is 30.3 Å². The van der Waals surface area contributed by atoms with Gasteiger partial charge in [-0.15, -0.1) is 0 Å². The molecule has 0 fully saturated rings. The summed E-state index contributed by atoms with van der Waals surface area (Å²) < 4.78 is 30.9. The molecule has 1 atom stereocenters. The smallest absolute Gasteiger partial charge is 0.341 e. The first-order chi connectivity index (χ1) is 7.38. The van der Waals surface area contributed by atoms with E-state index in [4.69, 9.17) is 4.74 Å². The molecule has 0 aliphatic heterocycles. The van der Waals surface area contributed by atoms with E-state index in [0.29, 0.717) is 5.75 Å². The largest absolute Gasteiger partial charge is 0.425 e. The Bertz CT molecular complexity index is 451. The van der Waals surface area contributed by atoms with E-state index in [2.05, 4.69) is 4.18 Å². The number of hydrogen-bond acceptors (Lipinski definition) is 5. The molecule has 0 heterocycles. The molecular formula is C10H12O5S. The van der Waals surface area contributed by atoms with Crippen LogP contribution in [0, 0.1) is 0 Å². The Morgan fingerprint density at radius 3 is 2.31 bits per heavy atom. The lowest BCUT2D eigenvalue weighted by atomic mass is 10.3. The maximum Gasteiger partial charge on any atom is 0.341 e. The van der Waals surface area contributed by atoms with Crippen LogP contribution in [-0.4, -0.2) is 26.7 Å². The van der Waals surface area contributed by atoms with Gasteiger partial charge in [0.2, 0.25) is 0 Å². The maximum absolute atomic E-state index is 11.4. The molecule has 6 heteroatoms. The van der Waals surface area contributed by atoms with Crippen molar-refractivity contribution in [1.82, 2.24) is 0 Å². The monoisotopic (exact) mass is 244 g/mol. The van der Waals surface area contributed by atoms with Gasteiger partial charge in [0, 0.05) is 0 Å².